The minimum absolute atomic E-state index is 0.150. The number of hydrogen-bond donors (Lipinski definition) is 3. The Bertz CT molecular complexity index is 825. The fraction of sp³-hybridized carbons (Fsp3) is 0.316. The molecule has 0 saturated carbocycles. The van der Waals surface area contributed by atoms with Gasteiger partial charge < -0.3 is 10.2 Å². The summed E-state index contributed by atoms with van der Waals surface area (Å²) in [7, 11) is 1.89. The number of amides is 4. The number of likely N-dealkylation sites (N-methyl/N-ethyl adjacent to an activating group) is 1. The molecule has 0 bridgehead atoms. The summed E-state index contributed by atoms with van der Waals surface area (Å²) in [5, 5.41) is 7.57. The molecule has 1 aliphatic rings. The van der Waals surface area contributed by atoms with Crippen molar-refractivity contribution >= 4 is 29.2 Å². The number of benzene rings is 1. The molecule has 1 aromatic carbocycles. The highest BCUT2D eigenvalue weighted by atomic mass is 32.1. The second-order valence-corrected chi connectivity index (χ2v) is 7.45. The summed E-state index contributed by atoms with van der Waals surface area (Å²) in [6.07, 6.45) is 0.386. The molecule has 1 aromatic heterocycles. The van der Waals surface area contributed by atoms with Crippen molar-refractivity contribution in [2.75, 3.05) is 13.6 Å². The van der Waals surface area contributed by atoms with Crippen molar-refractivity contribution < 1.29 is 19.3 Å². The van der Waals surface area contributed by atoms with E-state index >= 15 is 0 Å². The molecule has 2 heterocycles. The SMILES string of the molecule is CC[C@@]1(c2ccccc2)NC(=O)N(NC(=O)C[NH+](C)Cc2ccsc2)C1=O. The molecule has 1 unspecified atom stereocenters. The minimum Gasteiger partial charge on any atom is -0.326 e. The molecule has 2 aromatic rings. The van der Waals surface area contributed by atoms with E-state index in [0.717, 1.165) is 15.5 Å². The highest BCUT2D eigenvalue weighted by molar-refractivity contribution is 7.07. The number of hydrogen-bond acceptors (Lipinski definition) is 4. The molecule has 3 N–H and O–H groups in total. The number of rotatable bonds is 7. The van der Waals surface area contributed by atoms with Crippen LogP contribution in [0.2, 0.25) is 0 Å². The summed E-state index contributed by atoms with van der Waals surface area (Å²) >= 11 is 1.61. The Morgan fingerprint density at radius 3 is 2.63 bits per heavy atom. The van der Waals surface area contributed by atoms with Gasteiger partial charge in [-0.3, -0.25) is 15.0 Å². The van der Waals surface area contributed by atoms with E-state index in [-0.39, 0.29) is 12.5 Å². The van der Waals surface area contributed by atoms with Gasteiger partial charge in [-0.2, -0.15) is 16.3 Å². The standard InChI is InChI=1S/C19H22N4O3S/c1-3-19(15-7-5-4-6-8-15)17(25)23(18(26)20-19)21-16(24)12-22(2)11-14-9-10-27-13-14/h4-10,13H,3,11-12H2,1-2H3,(H,20,26)(H,21,24)/p+1/t19-/m0/s1. The number of quaternary nitrogens is 1. The third-order valence-corrected chi connectivity index (χ3v) is 5.41. The number of nitrogens with zero attached hydrogens (tertiary/aromatic N) is 1. The van der Waals surface area contributed by atoms with Crippen LogP contribution in [-0.4, -0.2) is 36.4 Å². The first-order valence-electron chi connectivity index (χ1n) is 8.80. The molecule has 4 amide bonds. The number of nitrogens with one attached hydrogen (secondary N) is 3. The van der Waals surface area contributed by atoms with Crippen LogP contribution in [0.3, 0.4) is 0 Å². The number of carbonyl (C=O) groups is 3. The number of imide groups is 1. The molecule has 1 aliphatic heterocycles. The smallest absolute Gasteiger partial charge is 0.326 e. The van der Waals surface area contributed by atoms with Crippen molar-refractivity contribution in [2.45, 2.75) is 25.4 Å². The van der Waals surface area contributed by atoms with Gasteiger partial charge in [-0.1, -0.05) is 37.3 Å². The van der Waals surface area contributed by atoms with Crippen molar-refractivity contribution in [2.24, 2.45) is 0 Å². The van der Waals surface area contributed by atoms with E-state index in [0.29, 0.717) is 18.5 Å². The Kier molecular flexibility index (Phi) is 5.57. The second kappa shape index (κ2) is 7.89. The molecule has 0 aliphatic carbocycles. The van der Waals surface area contributed by atoms with Gasteiger partial charge in [0.1, 0.15) is 12.1 Å². The van der Waals surface area contributed by atoms with Gasteiger partial charge in [0.25, 0.3) is 11.8 Å². The number of urea groups is 1. The van der Waals surface area contributed by atoms with Crippen LogP contribution in [-0.2, 0) is 21.7 Å². The Balaban J connectivity index is 1.67. The molecule has 3 rings (SSSR count). The predicted molar refractivity (Wildman–Crippen MR) is 102 cm³/mol. The minimum atomic E-state index is -1.15. The first-order chi connectivity index (χ1) is 13.0. The van der Waals surface area contributed by atoms with E-state index < -0.39 is 17.5 Å². The third-order valence-electron chi connectivity index (χ3n) is 4.67. The maximum atomic E-state index is 13.0. The molecular formula is C19H23N4O3S+. The Morgan fingerprint density at radius 2 is 2.00 bits per heavy atom. The molecule has 1 fully saturated rings. The van der Waals surface area contributed by atoms with Gasteiger partial charge in [0.05, 0.1) is 7.05 Å². The predicted octanol–water partition coefficient (Wildman–Crippen LogP) is 0.651. The van der Waals surface area contributed by atoms with Crippen LogP contribution in [0.1, 0.15) is 24.5 Å². The summed E-state index contributed by atoms with van der Waals surface area (Å²) in [5.74, 6) is -0.851. The topological polar surface area (TPSA) is 83.0 Å². The van der Waals surface area contributed by atoms with Crippen molar-refractivity contribution in [1.29, 1.82) is 0 Å². The molecule has 142 valence electrons. The first kappa shape index (κ1) is 19.1. The van der Waals surface area contributed by atoms with Crippen molar-refractivity contribution in [3.63, 3.8) is 0 Å². The maximum absolute atomic E-state index is 13.0. The summed E-state index contributed by atoms with van der Waals surface area (Å²) in [4.78, 5) is 38.7. The van der Waals surface area contributed by atoms with E-state index in [9.17, 15) is 14.4 Å². The van der Waals surface area contributed by atoms with Gasteiger partial charge in [-0.05, 0) is 28.8 Å². The quantitative estimate of drug-likeness (QED) is 0.610. The molecule has 2 atom stereocenters. The lowest BCUT2D eigenvalue weighted by Gasteiger charge is -2.25. The average molecular weight is 387 g/mol. The zero-order chi connectivity index (χ0) is 19.4. The average Bonchev–Trinajstić information content (AvgIpc) is 3.24. The molecule has 0 spiro atoms. The summed E-state index contributed by atoms with van der Waals surface area (Å²) in [5.41, 5.74) is 3.16. The second-order valence-electron chi connectivity index (χ2n) is 6.67. The van der Waals surface area contributed by atoms with Crippen molar-refractivity contribution in [3.05, 3.63) is 58.3 Å². The lowest BCUT2D eigenvalue weighted by atomic mass is 9.87. The fourth-order valence-corrected chi connectivity index (χ4v) is 3.95. The zero-order valence-electron chi connectivity index (χ0n) is 15.3. The lowest BCUT2D eigenvalue weighted by Crippen LogP contribution is -3.09. The van der Waals surface area contributed by atoms with Gasteiger partial charge in [-0.15, -0.1) is 0 Å². The Morgan fingerprint density at radius 1 is 1.26 bits per heavy atom. The summed E-state index contributed by atoms with van der Waals surface area (Å²) in [6.45, 7) is 2.67. The van der Waals surface area contributed by atoms with E-state index in [2.05, 4.69) is 10.7 Å². The maximum Gasteiger partial charge on any atom is 0.344 e. The zero-order valence-corrected chi connectivity index (χ0v) is 16.1. The first-order valence-corrected chi connectivity index (χ1v) is 9.74. The van der Waals surface area contributed by atoms with Crippen LogP contribution in [0, 0.1) is 0 Å². The van der Waals surface area contributed by atoms with Gasteiger partial charge in [-0.25, -0.2) is 4.79 Å². The normalized spacial score (nSPS) is 20.4. The van der Waals surface area contributed by atoms with Gasteiger partial charge in [0.15, 0.2) is 6.54 Å². The molecule has 0 radical (unpaired) electrons. The van der Waals surface area contributed by atoms with Crippen molar-refractivity contribution in [3.8, 4) is 0 Å². The Hall–Kier alpha value is -2.71. The van der Waals surface area contributed by atoms with Crippen LogP contribution in [0.5, 0.6) is 0 Å². The van der Waals surface area contributed by atoms with Gasteiger partial charge in [0, 0.05) is 5.56 Å². The lowest BCUT2D eigenvalue weighted by molar-refractivity contribution is -0.885. The van der Waals surface area contributed by atoms with Crippen LogP contribution in [0.25, 0.3) is 0 Å². The molecule has 27 heavy (non-hydrogen) atoms. The molecular weight excluding hydrogens is 364 g/mol. The number of thiophene rings is 1. The fourth-order valence-electron chi connectivity index (χ4n) is 3.28. The highest BCUT2D eigenvalue weighted by Crippen LogP contribution is 2.31. The van der Waals surface area contributed by atoms with Crippen molar-refractivity contribution in [1.82, 2.24) is 15.8 Å². The Labute approximate surface area is 161 Å². The number of carbonyl (C=O) groups excluding carboxylic acids is 3. The van der Waals surface area contributed by atoms with Crippen LogP contribution >= 0.6 is 11.3 Å². The monoisotopic (exact) mass is 387 g/mol. The molecule has 1 saturated heterocycles. The summed E-state index contributed by atoms with van der Waals surface area (Å²) < 4.78 is 0. The van der Waals surface area contributed by atoms with Crippen LogP contribution in [0.15, 0.2) is 47.2 Å². The van der Waals surface area contributed by atoms with E-state index in [1.165, 1.54) is 0 Å². The third kappa shape index (κ3) is 3.86. The van der Waals surface area contributed by atoms with Gasteiger partial charge >= 0.3 is 6.03 Å². The van der Waals surface area contributed by atoms with Crippen LogP contribution in [0.4, 0.5) is 4.79 Å². The van der Waals surface area contributed by atoms with Gasteiger partial charge in [0.2, 0.25) is 0 Å². The molecule has 8 heteroatoms. The number of hydrazine groups is 1. The molecule has 7 nitrogen and oxygen atoms in total. The van der Waals surface area contributed by atoms with Crippen LogP contribution < -0.4 is 15.6 Å². The summed E-state index contributed by atoms with van der Waals surface area (Å²) in [6, 6.07) is 10.5. The van der Waals surface area contributed by atoms with E-state index in [4.69, 9.17) is 0 Å². The van der Waals surface area contributed by atoms with E-state index in [1.807, 2.05) is 49.0 Å². The van der Waals surface area contributed by atoms with E-state index in [1.54, 1.807) is 23.5 Å². The highest BCUT2D eigenvalue weighted by Gasteiger charge is 2.52. The largest absolute Gasteiger partial charge is 0.344 e.